The van der Waals surface area contributed by atoms with Crippen LogP contribution in [0.25, 0.3) is 0 Å². The molecule has 0 unspecified atom stereocenters. The molecule has 1 N–H and O–H groups in total. The molecule has 1 aromatic rings. The molecule has 0 aromatic carbocycles. The molecule has 5 nitrogen and oxygen atoms in total. The van der Waals surface area contributed by atoms with Crippen molar-refractivity contribution >= 4 is 11.8 Å². The highest BCUT2D eigenvalue weighted by molar-refractivity contribution is 5.94. The van der Waals surface area contributed by atoms with E-state index in [2.05, 4.69) is 19.2 Å². The first-order chi connectivity index (χ1) is 11.6. The van der Waals surface area contributed by atoms with E-state index in [0.29, 0.717) is 37.0 Å². The van der Waals surface area contributed by atoms with Gasteiger partial charge in [0.1, 0.15) is 6.26 Å². The van der Waals surface area contributed by atoms with Crippen LogP contribution in [0.5, 0.6) is 0 Å². The van der Waals surface area contributed by atoms with E-state index in [1.165, 1.54) is 31.8 Å². The van der Waals surface area contributed by atoms with Crippen molar-refractivity contribution in [1.82, 2.24) is 10.2 Å². The lowest BCUT2D eigenvalue weighted by Gasteiger charge is -2.25. The molecule has 1 saturated carbocycles. The van der Waals surface area contributed by atoms with Gasteiger partial charge >= 0.3 is 0 Å². The Balaban J connectivity index is 1.84. The van der Waals surface area contributed by atoms with Crippen LogP contribution in [0.2, 0.25) is 0 Å². The first-order valence-electron chi connectivity index (χ1n) is 9.17. The minimum Gasteiger partial charge on any atom is -0.472 e. The molecule has 1 aromatic heterocycles. The van der Waals surface area contributed by atoms with Crippen molar-refractivity contribution in [2.45, 2.75) is 64.8 Å². The minimum atomic E-state index is -0.0603. The van der Waals surface area contributed by atoms with Gasteiger partial charge in [-0.25, -0.2) is 0 Å². The van der Waals surface area contributed by atoms with Gasteiger partial charge in [0.05, 0.1) is 11.8 Å². The van der Waals surface area contributed by atoms with E-state index < -0.39 is 0 Å². The maximum Gasteiger partial charge on any atom is 0.257 e. The predicted molar refractivity (Wildman–Crippen MR) is 93.7 cm³/mol. The Labute approximate surface area is 144 Å². The van der Waals surface area contributed by atoms with Crippen LogP contribution >= 0.6 is 0 Å². The second-order valence-electron chi connectivity index (χ2n) is 7.14. The zero-order chi connectivity index (χ0) is 17.4. The summed E-state index contributed by atoms with van der Waals surface area (Å²) in [5, 5.41) is 3.12. The molecule has 1 aliphatic rings. The minimum absolute atomic E-state index is 0.0523. The van der Waals surface area contributed by atoms with Gasteiger partial charge in [-0.15, -0.1) is 0 Å². The molecular weight excluding hydrogens is 304 g/mol. The summed E-state index contributed by atoms with van der Waals surface area (Å²) in [5.74, 6) is 0.507. The van der Waals surface area contributed by atoms with E-state index in [9.17, 15) is 9.59 Å². The summed E-state index contributed by atoms with van der Waals surface area (Å²) < 4.78 is 5.01. The standard InChI is InChI=1S/C19H30N2O3/c1-15(2)8-11-21(19(23)16-10-13-24-14-16)12-9-18(22)20-17-6-4-3-5-7-17/h10,13-15,17H,3-9,11-12H2,1-2H3,(H,20,22). The van der Waals surface area contributed by atoms with Gasteiger partial charge in [0.2, 0.25) is 5.91 Å². The van der Waals surface area contributed by atoms with Crippen LogP contribution in [0.3, 0.4) is 0 Å². The Morgan fingerprint density at radius 2 is 2.00 bits per heavy atom. The SMILES string of the molecule is CC(C)CCN(CCC(=O)NC1CCCCC1)C(=O)c1ccoc1. The zero-order valence-electron chi connectivity index (χ0n) is 14.9. The molecule has 1 fully saturated rings. The second-order valence-corrected chi connectivity index (χ2v) is 7.14. The van der Waals surface area contributed by atoms with Gasteiger partial charge in [-0.1, -0.05) is 33.1 Å². The van der Waals surface area contributed by atoms with Crippen molar-refractivity contribution in [1.29, 1.82) is 0 Å². The molecule has 2 rings (SSSR count). The fraction of sp³-hybridized carbons (Fsp3) is 0.684. The van der Waals surface area contributed by atoms with Crippen LogP contribution in [-0.4, -0.2) is 35.8 Å². The van der Waals surface area contributed by atoms with E-state index in [-0.39, 0.29) is 11.8 Å². The third-order valence-electron chi connectivity index (χ3n) is 4.61. The zero-order valence-corrected chi connectivity index (χ0v) is 14.9. The quantitative estimate of drug-likeness (QED) is 0.790. The van der Waals surface area contributed by atoms with Gasteiger partial charge in [0, 0.05) is 25.6 Å². The summed E-state index contributed by atoms with van der Waals surface area (Å²) >= 11 is 0. The monoisotopic (exact) mass is 334 g/mol. The molecule has 1 heterocycles. The third-order valence-corrected chi connectivity index (χ3v) is 4.61. The van der Waals surface area contributed by atoms with Crippen LogP contribution in [-0.2, 0) is 4.79 Å². The van der Waals surface area contributed by atoms with Crippen molar-refractivity contribution in [2.75, 3.05) is 13.1 Å². The fourth-order valence-electron chi connectivity index (χ4n) is 3.08. The number of nitrogens with one attached hydrogen (secondary N) is 1. The number of carbonyl (C=O) groups is 2. The van der Waals surface area contributed by atoms with Crippen LogP contribution < -0.4 is 5.32 Å². The number of nitrogens with zero attached hydrogens (tertiary/aromatic N) is 1. The third kappa shape index (κ3) is 6.02. The number of hydrogen-bond acceptors (Lipinski definition) is 3. The molecule has 0 radical (unpaired) electrons. The lowest BCUT2D eigenvalue weighted by atomic mass is 9.95. The van der Waals surface area contributed by atoms with Crippen molar-refractivity contribution in [2.24, 2.45) is 5.92 Å². The van der Waals surface area contributed by atoms with Crippen LogP contribution in [0.4, 0.5) is 0 Å². The van der Waals surface area contributed by atoms with Gasteiger partial charge in [0.25, 0.3) is 5.91 Å². The van der Waals surface area contributed by atoms with Gasteiger partial charge in [-0.05, 0) is 31.2 Å². The summed E-state index contributed by atoms with van der Waals surface area (Å²) in [6, 6.07) is 1.99. The summed E-state index contributed by atoms with van der Waals surface area (Å²) in [5.41, 5.74) is 0.548. The van der Waals surface area contributed by atoms with Crippen molar-refractivity contribution in [3.05, 3.63) is 24.2 Å². The van der Waals surface area contributed by atoms with Gasteiger partial charge in [0.15, 0.2) is 0 Å². The second kappa shape index (κ2) is 9.50. The highest BCUT2D eigenvalue weighted by Gasteiger charge is 2.20. The van der Waals surface area contributed by atoms with E-state index in [1.807, 2.05) is 0 Å². The average Bonchev–Trinajstić information content (AvgIpc) is 3.09. The first kappa shape index (κ1) is 18.6. The Bertz CT molecular complexity index is 505. The lowest BCUT2D eigenvalue weighted by Crippen LogP contribution is -2.40. The molecule has 1 aliphatic carbocycles. The number of furan rings is 1. The topological polar surface area (TPSA) is 62.6 Å². The maximum atomic E-state index is 12.6. The average molecular weight is 334 g/mol. The van der Waals surface area contributed by atoms with E-state index >= 15 is 0 Å². The number of carbonyl (C=O) groups excluding carboxylic acids is 2. The summed E-state index contributed by atoms with van der Waals surface area (Å²) in [6.45, 7) is 5.39. The molecule has 5 heteroatoms. The van der Waals surface area contributed by atoms with Crippen molar-refractivity contribution in [3.8, 4) is 0 Å². The number of hydrogen-bond donors (Lipinski definition) is 1. The summed E-state index contributed by atoms with van der Waals surface area (Å²) in [7, 11) is 0. The fourth-order valence-corrected chi connectivity index (χ4v) is 3.08. The summed E-state index contributed by atoms with van der Waals surface area (Å²) in [6.07, 6.45) is 10.1. The van der Waals surface area contributed by atoms with Crippen molar-refractivity contribution in [3.63, 3.8) is 0 Å². The molecular formula is C19H30N2O3. The van der Waals surface area contributed by atoms with Crippen molar-refractivity contribution < 1.29 is 14.0 Å². The van der Waals surface area contributed by atoms with Gasteiger partial charge in [-0.2, -0.15) is 0 Å². The molecule has 0 spiro atoms. The Hall–Kier alpha value is -1.78. The Kier molecular flexibility index (Phi) is 7.35. The molecule has 0 bridgehead atoms. The molecule has 0 saturated heterocycles. The smallest absolute Gasteiger partial charge is 0.257 e. The van der Waals surface area contributed by atoms with E-state index in [0.717, 1.165) is 19.3 Å². The Morgan fingerprint density at radius 1 is 1.25 bits per heavy atom. The number of amides is 2. The number of rotatable bonds is 8. The molecule has 0 atom stereocenters. The normalized spacial score (nSPS) is 15.5. The molecule has 0 aliphatic heterocycles. The first-order valence-corrected chi connectivity index (χ1v) is 9.17. The molecule has 2 amide bonds. The lowest BCUT2D eigenvalue weighted by molar-refractivity contribution is -0.122. The highest BCUT2D eigenvalue weighted by Crippen LogP contribution is 2.17. The van der Waals surface area contributed by atoms with Crippen LogP contribution in [0.1, 0.15) is 69.2 Å². The van der Waals surface area contributed by atoms with E-state index in [4.69, 9.17) is 4.42 Å². The van der Waals surface area contributed by atoms with E-state index in [1.54, 1.807) is 11.0 Å². The molecule has 24 heavy (non-hydrogen) atoms. The molecule has 134 valence electrons. The summed E-state index contributed by atoms with van der Waals surface area (Å²) in [4.78, 5) is 26.5. The van der Waals surface area contributed by atoms with Gasteiger partial charge in [-0.3, -0.25) is 9.59 Å². The van der Waals surface area contributed by atoms with Crippen LogP contribution in [0.15, 0.2) is 23.0 Å². The predicted octanol–water partition coefficient (Wildman–Crippen LogP) is 3.61. The van der Waals surface area contributed by atoms with Gasteiger partial charge < -0.3 is 14.6 Å². The largest absolute Gasteiger partial charge is 0.472 e. The maximum absolute atomic E-state index is 12.6. The highest BCUT2D eigenvalue weighted by atomic mass is 16.3. The van der Waals surface area contributed by atoms with Crippen LogP contribution in [0, 0.1) is 5.92 Å². The Morgan fingerprint density at radius 3 is 2.62 bits per heavy atom.